The molecule has 0 aliphatic rings. The van der Waals surface area contributed by atoms with Crippen molar-refractivity contribution in [1.29, 1.82) is 0 Å². The van der Waals surface area contributed by atoms with Crippen LogP contribution in [-0.4, -0.2) is 28.2 Å². The normalized spacial score (nSPS) is 12.1. The molecule has 0 spiro atoms. The summed E-state index contributed by atoms with van der Waals surface area (Å²) in [5.41, 5.74) is -4.86. The van der Waals surface area contributed by atoms with Crippen molar-refractivity contribution in [3.63, 3.8) is 0 Å². The van der Waals surface area contributed by atoms with Crippen molar-refractivity contribution in [3.8, 4) is 0 Å². The molecule has 0 unspecified atom stereocenters. The molecule has 0 radical (unpaired) electrons. The molecule has 1 aromatic rings. The van der Waals surface area contributed by atoms with Crippen molar-refractivity contribution in [3.05, 3.63) is 41.2 Å². The monoisotopic (exact) mass is 345 g/mol. The van der Waals surface area contributed by atoms with Gasteiger partial charge in [0.1, 0.15) is 5.56 Å². The van der Waals surface area contributed by atoms with Gasteiger partial charge in [-0.3, -0.25) is 4.79 Å². The molecule has 0 fully saturated rings. The number of hydrogen-bond donors (Lipinski definition) is 2. The first kappa shape index (κ1) is 23.2. The number of hydrogen-bond acceptors (Lipinski definition) is 2. The molecule has 0 aromatic carbocycles. The van der Waals surface area contributed by atoms with E-state index >= 15 is 0 Å². The van der Waals surface area contributed by atoms with Crippen LogP contribution in [0.4, 0.5) is 30.7 Å². The molecule has 4 nitrogen and oxygen atoms in total. The van der Waals surface area contributed by atoms with Gasteiger partial charge in [-0.2, -0.15) is 30.7 Å². The van der Waals surface area contributed by atoms with Gasteiger partial charge in [0, 0.05) is 0 Å². The molecule has 0 aliphatic carbocycles. The smallest absolute Gasteiger partial charge is 0.477 e. The van der Waals surface area contributed by atoms with E-state index in [1.54, 1.807) is 0 Å². The minimum Gasteiger partial charge on any atom is -0.477 e. The molecule has 0 bridgehead atoms. The first-order chi connectivity index (χ1) is 8.82. The van der Waals surface area contributed by atoms with E-state index in [2.05, 4.69) is 0 Å². The summed E-state index contributed by atoms with van der Waals surface area (Å²) in [7, 11) is 0. The fourth-order valence-electron chi connectivity index (χ4n) is 1.17. The molecule has 0 amide bonds. The number of halogens is 7. The number of carbonyl (C=O) groups is 1. The van der Waals surface area contributed by atoms with E-state index < -0.39 is 40.8 Å². The number of carboxylic acid groups (broad SMARTS) is 1. The van der Waals surface area contributed by atoms with Gasteiger partial charge in [-0.1, -0.05) is 0 Å². The summed E-state index contributed by atoms with van der Waals surface area (Å²) < 4.78 is 87.4. The second kappa shape index (κ2) is 7.01. The number of rotatable bonds is 3. The van der Waals surface area contributed by atoms with Crippen molar-refractivity contribution >= 4 is 5.97 Å². The van der Waals surface area contributed by atoms with Gasteiger partial charge in [0.25, 0.3) is 5.56 Å². The van der Waals surface area contributed by atoms with Gasteiger partial charge in [0.2, 0.25) is 0 Å². The third-order valence-corrected chi connectivity index (χ3v) is 2.23. The first-order valence-electron chi connectivity index (χ1n) is 4.62. The zero-order valence-electron chi connectivity index (χ0n) is 11.1. The van der Waals surface area contributed by atoms with Crippen molar-refractivity contribution in [2.45, 2.75) is 18.0 Å². The predicted molar refractivity (Wildman–Crippen MR) is 55.3 cm³/mol. The molecule has 12 heteroatoms. The number of H-pyrrole nitrogens is 1. The Balaban J connectivity index is 0. The van der Waals surface area contributed by atoms with E-state index in [0.717, 1.165) is 4.98 Å². The summed E-state index contributed by atoms with van der Waals surface area (Å²) in [4.78, 5) is 22.4. The van der Waals surface area contributed by atoms with E-state index in [-0.39, 0.29) is 49.1 Å². The van der Waals surface area contributed by atoms with Crippen LogP contribution in [0.3, 0.4) is 0 Å². The maximum atomic E-state index is 13.2. The number of alkyl halides is 7. The number of carboxylic acids is 1. The number of aromatic carboxylic acids is 1. The standard InChI is InChI=1S/C9H4F7NO3.CH3.Na/c10-7(11,8(12,13)9(14,15)16)4-2-1-3(6(19)20)5(18)17-4;;/h1-2H,(H,17,18)(H,19,20);1H3;/q;-1;+1. The Hall–Kier alpha value is -1.07. The number of nitrogens with one attached hydrogen (secondary N) is 1. The van der Waals surface area contributed by atoms with Gasteiger partial charge in [-0.15, -0.1) is 0 Å². The molecule has 1 rings (SSSR count). The molecule has 120 valence electrons. The van der Waals surface area contributed by atoms with Crippen LogP contribution in [0, 0.1) is 7.43 Å². The Morgan fingerprint density at radius 1 is 1.05 bits per heavy atom. The van der Waals surface area contributed by atoms with Gasteiger partial charge < -0.3 is 17.5 Å². The van der Waals surface area contributed by atoms with E-state index in [4.69, 9.17) is 5.11 Å². The zero-order chi connectivity index (χ0) is 15.9. The molecule has 1 heterocycles. The molecular formula is C10H7F7NNaO3. The summed E-state index contributed by atoms with van der Waals surface area (Å²) >= 11 is 0. The molecule has 0 atom stereocenters. The minimum absolute atomic E-state index is 0. The minimum atomic E-state index is -6.56. The second-order valence-corrected chi connectivity index (χ2v) is 3.57. The average Bonchev–Trinajstić information content (AvgIpc) is 2.26. The van der Waals surface area contributed by atoms with Crippen LogP contribution in [0.1, 0.15) is 16.1 Å². The van der Waals surface area contributed by atoms with Gasteiger partial charge >= 0.3 is 53.5 Å². The van der Waals surface area contributed by atoms with Gasteiger partial charge in [-0.05, 0) is 12.1 Å². The van der Waals surface area contributed by atoms with Crippen LogP contribution in [0.15, 0.2) is 16.9 Å². The molecule has 0 aliphatic heterocycles. The van der Waals surface area contributed by atoms with Crippen molar-refractivity contribution in [2.75, 3.05) is 0 Å². The largest absolute Gasteiger partial charge is 1.00 e. The fraction of sp³-hybridized carbons (Fsp3) is 0.300. The Bertz CT molecular complexity index is 597. The fourth-order valence-corrected chi connectivity index (χ4v) is 1.17. The van der Waals surface area contributed by atoms with Crippen LogP contribution in [0.5, 0.6) is 0 Å². The van der Waals surface area contributed by atoms with E-state index in [0.29, 0.717) is 0 Å². The van der Waals surface area contributed by atoms with E-state index in [1.807, 2.05) is 0 Å². The maximum absolute atomic E-state index is 13.2. The Morgan fingerprint density at radius 3 is 1.82 bits per heavy atom. The maximum Gasteiger partial charge on any atom is 1.00 e. The summed E-state index contributed by atoms with van der Waals surface area (Å²) in [6, 6.07) is 0.182. The van der Waals surface area contributed by atoms with Crippen molar-refractivity contribution < 1.29 is 70.2 Å². The van der Waals surface area contributed by atoms with E-state index in [9.17, 15) is 40.3 Å². The third kappa shape index (κ3) is 3.82. The van der Waals surface area contributed by atoms with Crippen molar-refractivity contribution in [1.82, 2.24) is 4.98 Å². The Morgan fingerprint density at radius 2 is 1.50 bits per heavy atom. The molecule has 2 N–H and O–H groups in total. The molecule has 0 saturated carbocycles. The topological polar surface area (TPSA) is 70.2 Å². The van der Waals surface area contributed by atoms with E-state index in [1.165, 1.54) is 0 Å². The van der Waals surface area contributed by atoms with Gasteiger partial charge in [-0.25, -0.2) is 4.79 Å². The Labute approximate surface area is 140 Å². The summed E-state index contributed by atoms with van der Waals surface area (Å²) in [5, 5.41) is 8.41. The second-order valence-electron chi connectivity index (χ2n) is 3.57. The summed E-state index contributed by atoms with van der Waals surface area (Å²) in [5.74, 6) is -14.1. The third-order valence-electron chi connectivity index (χ3n) is 2.23. The molecular weight excluding hydrogens is 338 g/mol. The van der Waals surface area contributed by atoms with Gasteiger partial charge in [0.05, 0.1) is 5.69 Å². The molecule has 0 saturated heterocycles. The Kier molecular flexibility index (Phi) is 7.39. The predicted octanol–water partition coefficient (Wildman–Crippen LogP) is -0.183. The average molecular weight is 345 g/mol. The summed E-state index contributed by atoms with van der Waals surface area (Å²) in [6.45, 7) is 0. The van der Waals surface area contributed by atoms with Crippen LogP contribution >= 0.6 is 0 Å². The van der Waals surface area contributed by atoms with Crippen LogP contribution in [0.25, 0.3) is 0 Å². The number of pyridine rings is 1. The SMILES string of the molecule is O=C(O)c1ccc(C(F)(F)C(F)(F)C(F)(F)F)[nH]c1=O.[CH3-].[Na+]. The van der Waals surface area contributed by atoms with Crippen molar-refractivity contribution in [2.24, 2.45) is 0 Å². The zero-order valence-corrected chi connectivity index (χ0v) is 13.1. The van der Waals surface area contributed by atoms with Crippen LogP contribution in [-0.2, 0) is 5.92 Å². The van der Waals surface area contributed by atoms with Gasteiger partial charge in [0.15, 0.2) is 0 Å². The summed E-state index contributed by atoms with van der Waals surface area (Å²) in [6.07, 6.45) is -6.56. The number of aromatic nitrogens is 1. The molecule has 1 aromatic heterocycles. The molecule has 22 heavy (non-hydrogen) atoms. The number of aromatic amines is 1. The quantitative estimate of drug-likeness (QED) is 0.454. The van der Waals surface area contributed by atoms with Crippen LogP contribution in [0.2, 0.25) is 0 Å². The first-order valence-corrected chi connectivity index (χ1v) is 4.62. The van der Waals surface area contributed by atoms with Crippen LogP contribution < -0.4 is 35.1 Å².